The van der Waals surface area contributed by atoms with Gasteiger partial charge < -0.3 is 10.1 Å². The van der Waals surface area contributed by atoms with E-state index in [-0.39, 0.29) is 0 Å². The number of H-pyrrole nitrogens is 1. The number of hydrogen-bond donors (Lipinski definition) is 2. The number of nitrogens with one attached hydrogen (secondary N) is 1. The third-order valence-corrected chi connectivity index (χ3v) is 4.76. The average Bonchev–Trinajstić information content (AvgIpc) is 3.03. The minimum absolute atomic E-state index is 0.478. The van der Waals surface area contributed by atoms with Crippen molar-refractivity contribution in [2.45, 2.75) is 43.9 Å². The normalized spacial score (nSPS) is 32.2. The van der Waals surface area contributed by atoms with Gasteiger partial charge in [0.15, 0.2) is 0 Å². The number of likely N-dealkylation sites (tertiary alicyclic amines) is 1. The molecular weight excluding hydrogens is 236 g/mol. The van der Waals surface area contributed by atoms with Crippen LogP contribution in [0.3, 0.4) is 0 Å². The van der Waals surface area contributed by atoms with Crippen LogP contribution in [0, 0.1) is 0 Å². The molecule has 2 N–H and O–H groups in total. The summed E-state index contributed by atoms with van der Waals surface area (Å²) in [7, 11) is 0. The van der Waals surface area contributed by atoms with E-state index in [9.17, 15) is 5.11 Å². The van der Waals surface area contributed by atoms with E-state index in [0.717, 1.165) is 35.5 Å². The second-order valence-corrected chi connectivity index (χ2v) is 6.23. The van der Waals surface area contributed by atoms with Crippen molar-refractivity contribution in [2.24, 2.45) is 0 Å². The Balaban J connectivity index is 1.76. The van der Waals surface area contributed by atoms with E-state index < -0.39 is 5.60 Å². The Labute approximate surface area is 113 Å². The highest BCUT2D eigenvalue weighted by atomic mass is 16.3. The largest absolute Gasteiger partial charge is 0.384 e. The molecule has 0 bridgehead atoms. The zero-order valence-corrected chi connectivity index (χ0v) is 11.3. The van der Waals surface area contributed by atoms with Gasteiger partial charge in [-0.05, 0) is 43.9 Å². The molecule has 1 aliphatic heterocycles. The smallest absolute Gasteiger partial charge is 0.104 e. The molecular formula is C16H20N2O. The van der Waals surface area contributed by atoms with Crippen LogP contribution >= 0.6 is 0 Å². The van der Waals surface area contributed by atoms with E-state index in [0.29, 0.717) is 6.04 Å². The monoisotopic (exact) mass is 256 g/mol. The first-order chi connectivity index (χ1) is 9.17. The molecule has 3 nitrogen and oxygen atoms in total. The number of hydrogen-bond acceptors (Lipinski definition) is 2. The fraction of sp³-hybridized carbons (Fsp3) is 0.500. The number of aliphatic hydroxyl groups is 1. The zero-order valence-electron chi connectivity index (χ0n) is 11.3. The summed E-state index contributed by atoms with van der Waals surface area (Å²) in [6, 6.07) is 9.46. The van der Waals surface area contributed by atoms with Gasteiger partial charge in [-0.2, -0.15) is 0 Å². The Morgan fingerprint density at radius 3 is 2.95 bits per heavy atom. The number of aromatic amines is 1. The number of benzene rings is 1. The lowest BCUT2D eigenvalue weighted by molar-refractivity contribution is 0.0466. The maximum Gasteiger partial charge on any atom is 0.104 e. The minimum Gasteiger partial charge on any atom is -0.384 e. The summed E-state index contributed by atoms with van der Waals surface area (Å²) in [5.41, 5.74) is 1.51. The van der Waals surface area contributed by atoms with E-state index in [4.69, 9.17) is 0 Å². The van der Waals surface area contributed by atoms with Crippen molar-refractivity contribution >= 4 is 10.9 Å². The van der Waals surface area contributed by atoms with Crippen molar-refractivity contribution in [3.63, 3.8) is 0 Å². The van der Waals surface area contributed by atoms with Gasteiger partial charge in [0.05, 0.1) is 0 Å². The molecule has 1 saturated heterocycles. The first-order valence-electron chi connectivity index (χ1n) is 7.22. The summed E-state index contributed by atoms with van der Waals surface area (Å²) in [5, 5.41) is 12.3. The summed E-state index contributed by atoms with van der Waals surface area (Å²) in [6.45, 7) is 3.02. The summed E-state index contributed by atoms with van der Waals surface area (Å²) in [4.78, 5) is 5.73. The van der Waals surface area contributed by atoms with Crippen LogP contribution in [0.2, 0.25) is 0 Å². The lowest BCUT2D eigenvalue weighted by atomic mass is 9.89. The predicted octanol–water partition coefficient (Wildman–Crippen LogP) is 2.61. The van der Waals surface area contributed by atoms with Gasteiger partial charge in [0.1, 0.15) is 5.60 Å². The minimum atomic E-state index is -0.691. The first-order valence-corrected chi connectivity index (χ1v) is 7.22. The van der Waals surface area contributed by atoms with E-state index >= 15 is 0 Å². The Bertz CT molecular complexity index is 616. The van der Waals surface area contributed by atoms with Crippen LogP contribution in [0.1, 0.15) is 31.7 Å². The molecule has 1 aromatic carbocycles. The van der Waals surface area contributed by atoms with Crippen LogP contribution in [0.25, 0.3) is 10.9 Å². The predicted molar refractivity (Wildman–Crippen MR) is 76.0 cm³/mol. The van der Waals surface area contributed by atoms with Crippen molar-refractivity contribution in [3.05, 3.63) is 36.0 Å². The SMILES string of the molecule is CC1CC(O)(c2cccc3[nH]ccc23)CN1C1CC1. The van der Waals surface area contributed by atoms with Crippen LogP contribution in [-0.2, 0) is 5.60 Å². The summed E-state index contributed by atoms with van der Waals surface area (Å²) in [6.07, 6.45) is 5.39. The Hall–Kier alpha value is -1.32. The van der Waals surface area contributed by atoms with Crippen LogP contribution in [0.4, 0.5) is 0 Å². The molecule has 4 rings (SSSR count). The van der Waals surface area contributed by atoms with Crippen molar-refractivity contribution in [1.29, 1.82) is 0 Å². The molecule has 100 valence electrons. The maximum absolute atomic E-state index is 11.1. The van der Waals surface area contributed by atoms with Gasteiger partial charge in [-0.1, -0.05) is 12.1 Å². The number of aromatic nitrogens is 1. The molecule has 1 aromatic heterocycles. The average molecular weight is 256 g/mol. The van der Waals surface area contributed by atoms with E-state index in [1.54, 1.807) is 0 Å². The van der Waals surface area contributed by atoms with Gasteiger partial charge in [-0.25, -0.2) is 0 Å². The number of β-amino-alcohol motifs (C(OH)–C–C–N with tert-alkyl or cyclic N) is 1. The fourth-order valence-electron chi connectivity index (χ4n) is 3.71. The molecule has 0 spiro atoms. The third-order valence-electron chi connectivity index (χ3n) is 4.76. The van der Waals surface area contributed by atoms with Gasteiger partial charge in [-0.3, -0.25) is 4.90 Å². The molecule has 2 aromatic rings. The highest BCUT2D eigenvalue weighted by Gasteiger charge is 2.47. The van der Waals surface area contributed by atoms with Crippen molar-refractivity contribution in [2.75, 3.05) is 6.54 Å². The molecule has 2 heterocycles. The second kappa shape index (κ2) is 3.84. The maximum atomic E-state index is 11.1. The van der Waals surface area contributed by atoms with E-state index in [2.05, 4.69) is 35.0 Å². The molecule has 0 amide bonds. The Kier molecular flexibility index (Phi) is 2.32. The van der Waals surface area contributed by atoms with E-state index in [1.165, 1.54) is 12.8 Å². The summed E-state index contributed by atoms with van der Waals surface area (Å²) < 4.78 is 0. The number of fused-ring (bicyclic) bond motifs is 1. The lowest BCUT2D eigenvalue weighted by Crippen LogP contribution is -2.33. The topological polar surface area (TPSA) is 39.3 Å². The standard InChI is InChI=1S/C16H20N2O/c1-11-9-16(19,10-18(11)12-5-6-12)14-3-2-4-15-13(14)7-8-17-15/h2-4,7-8,11-12,17,19H,5-6,9-10H2,1H3. The lowest BCUT2D eigenvalue weighted by Gasteiger charge is -2.25. The summed E-state index contributed by atoms with van der Waals surface area (Å²) in [5.74, 6) is 0. The molecule has 2 atom stereocenters. The van der Waals surface area contributed by atoms with Crippen molar-refractivity contribution in [1.82, 2.24) is 9.88 Å². The molecule has 2 unspecified atom stereocenters. The quantitative estimate of drug-likeness (QED) is 0.867. The van der Waals surface area contributed by atoms with Crippen LogP contribution < -0.4 is 0 Å². The first kappa shape index (κ1) is 11.5. The van der Waals surface area contributed by atoms with Gasteiger partial charge in [-0.15, -0.1) is 0 Å². The molecule has 2 aliphatic rings. The Morgan fingerprint density at radius 1 is 1.32 bits per heavy atom. The van der Waals surface area contributed by atoms with Crippen molar-refractivity contribution < 1.29 is 5.11 Å². The number of nitrogens with zero attached hydrogens (tertiary/aromatic N) is 1. The third kappa shape index (κ3) is 1.72. The molecule has 0 radical (unpaired) electrons. The van der Waals surface area contributed by atoms with Crippen molar-refractivity contribution in [3.8, 4) is 0 Å². The summed E-state index contributed by atoms with van der Waals surface area (Å²) >= 11 is 0. The second-order valence-electron chi connectivity index (χ2n) is 6.23. The van der Waals surface area contributed by atoms with Gasteiger partial charge in [0, 0.05) is 35.7 Å². The van der Waals surface area contributed by atoms with Gasteiger partial charge in [0.25, 0.3) is 0 Å². The van der Waals surface area contributed by atoms with Gasteiger partial charge >= 0.3 is 0 Å². The zero-order chi connectivity index (χ0) is 13.0. The highest BCUT2D eigenvalue weighted by molar-refractivity contribution is 5.83. The van der Waals surface area contributed by atoms with Crippen LogP contribution in [-0.4, -0.2) is 33.6 Å². The molecule has 1 aliphatic carbocycles. The molecule has 3 heteroatoms. The van der Waals surface area contributed by atoms with Crippen LogP contribution in [0.15, 0.2) is 30.5 Å². The van der Waals surface area contributed by atoms with Crippen LogP contribution in [0.5, 0.6) is 0 Å². The number of rotatable bonds is 2. The molecule has 1 saturated carbocycles. The highest BCUT2D eigenvalue weighted by Crippen LogP contribution is 2.43. The molecule has 2 fully saturated rings. The molecule has 19 heavy (non-hydrogen) atoms. The fourth-order valence-corrected chi connectivity index (χ4v) is 3.71. The van der Waals surface area contributed by atoms with Gasteiger partial charge in [0.2, 0.25) is 0 Å². The Morgan fingerprint density at radius 2 is 2.16 bits per heavy atom. The van der Waals surface area contributed by atoms with E-state index in [1.807, 2.05) is 12.3 Å².